The molecular weight excluding hydrogens is 447 g/mol. The second-order valence-electron chi connectivity index (χ2n) is 7.75. The minimum absolute atomic E-state index is 0.0781. The van der Waals surface area contributed by atoms with Crippen LogP contribution in [0.1, 0.15) is 0 Å². The molecule has 0 spiro atoms. The molecule has 0 bridgehead atoms. The molecule has 1 fully saturated rings. The van der Waals surface area contributed by atoms with Gasteiger partial charge in [-0.2, -0.15) is 0 Å². The van der Waals surface area contributed by atoms with Gasteiger partial charge in [0.2, 0.25) is 5.82 Å². The minimum atomic E-state index is -0.302. The number of nitrogens with zero attached hydrogens (tertiary/aromatic N) is 8. The SMILES string of the molecule is O=c1sc2c(ncn3nc(-c4ccco4)nc23)n1CCN1CCN(c2ccncc2F)CC1. The van der Waals surface area contributed by atoms with Crippen molar-refractivity contribution < 1.29 is 8.81 Å². The van der Waals surface area contributed by atoms with Crippen LogP contribution in [0, 0.1) is 5.82 Å². The Kier molecular flexibility index (Phi) is 4.88. The highest BCUT2D eigenvalue weighted by Crippen LogP contribution is 2.24. The van der Waals surface area contributed by atoms with Crippen LogP contribution in [0.5, 0.6) is 0 Å². The summed E-state index contributed by atoms with van der Waals surface area (Å²) in [5.41, 5.74) is 1.77. The lowest BCUT2D eigenvalue weighted by molar-refractivity contribution is 0.248. The summed E-state index contributed by atoms with van der Waals surface area (Å²) in [5, 5.41) is 4.40. The Balaban J connectivity index is 1.19. The van der Waals surface area contributed by atoms with E-state index in [1.807, 2.05) is 4.90 Å². The van der Waals surface area contributed by atoms with Crippen molar-refractivity contribution in [3.63, 3.8) is 0 Å². The quantitative estimate of drug-likeness (QED) is 0.389. The highest BCUT2D eigenvalue weighted by molar-refractivity contribution is 7.17. The van der Waals surface area contributed by atoms with E-state index in [0.717, 1.165) is 24.4 Å². The first-order chi connectivity index (χ1) is 16.2. The summed E-state index contributed by atoms with van der Waals surface area (Å²) in [5.74, 6) is 0.706. The fourth-order valence-electron chi connectivity index (χ4n) is 4.12. The van der Waals surface area contributed by atoms with E-state index in [4.69, 9.17) is 4.42 Å². The smallest absolute Gasteiger partial charge is 0.309 e. The van der Waals surface area contributed by atoms with E-state index in [2.05, 4.69) is 25.0 Å². The third-order valence-corrected chi connectivity index (χ3v) is 6.80. The van der Waals surface area contributed by atoms with Gasteiger partial charge in [-0.1, -0.05) is 11.3 Å². The van der Waals surface area contributed by atoms with Crippen LogP contribution in [0.3, 0.4) is 0 Å². The van der Waals surface area contributed by atoms with Crippen LogP contribution in [-0.4, -0.2) is 66.8 Å². The lowest BCUT2D eigenvalue weighted by atomic mass is 10.2. The van der Waals surface area contributed by atoms with E-state index in [0.29, 0.717) is 59.4 Å². The van der Waals surface area contributed by atoms with Crippen molar-refractivity contribution in [1.82, 2.24) is 34.0 Å². The number of furan rings is 1. The van der Waals surface area contributed by atoms with E-state index in [-0.39, 0.29) is 10.7 Å². The predicted octanol–water partition coefficient (Wildman–Crippen LogP) is 2.12. The largest absolute Gasteiger partial charge is 0.461 e. The maximum Gasteiger partial charge on any atom is 0.309 e. The first-order valence-electron chi connectivity index (χ1n) is 10.5. The fourth-order valence-corrected chi connectivity index (χ4v) is 5.07. The Morgan fingerprint density at radius 3 is 2.79 bits per heavy atom. The lowest BCUT2D eigenvalue weighted by Gasteiger charge is -2.36. The molecule has 1 aliphatic rings. The second kappa shape index (κ2) is 8.05. The second-order valence-corrected chi connectivity index (χ2v) is 8.72. The van der Waals surface area contributed by atoms with Gasteiger partial charge in [-0.3, -0.25) is 19.2 Å². The number of piperazine rings is 1. The molecule has 0 atom stereocenters. The molecule has 0 radical (unpaired) electrons. The van der Waals surface area contributed by atoms with Crippen molar-refractivity contribution in [2.75, 3.05) is 37.6 Å². The highest BCUT2D eigenvalue weighted by Gasteiger charge is 2.21. The number of rotatable bonds is 5. The van der Waals surface area contributed by atoms with Crippen molar-refractivity contribution in [1.29, 1.82) is 0 Å². The monoisotopic (exact) mass is 466 g/mol. The number of fused-ring (bicyclic) bond motifs is 3. The number of hydrogen-bond donors (Lipinski definition) is 0. The van der Waals surface area contributed by atoms with Crippen LogP contribution in [0.15, 0.2) is 52.4 Å². The molecule has 33 heavy (non-hydrogen) atoms. The Bertz CT molecular complexity index is 1480. The Hall–Kier alpha value is -3.64. The summed E-state index contributed by atoms with van der Waals surface area (Å²) >= 11 is 1.12. The van der Waals surface area contributed by atoms with Crippen LogP contribution >= 0.6 is 11.3 Å². The van der Waals surface area contributed by atoms with Crippen molar-refractivity contribution in [2.24, 2.45) is 0 Å². The standard InChI is InChI=1S/C21H19FN8O2S/c22-14-12-23-4-3-15(14)28-8-5-27(6-9-28)7-10-29-19-17(33-21(29)31)20-25-18(16-2-1-11-32-16)26-30(20)13-24-19/h1-4,11-13H,5-10H2. The molecule has 5 aromatic rings. The molecular formula is C21H19FN8O2S. The number of halogens is 1. The molecule has 10 nitrogen and oxygen atoms in total. The average Bonchev–Trinajstić information content (AvgIpc) is 3.56. The maximum atomic E-state index is 14.0. The fraction of sp³-hybridized carbons (Fsp3) is 0.286. The van der Waals surface area contributed by atoms with Gasteiger partial charge in [0.1, 0.15) is 11.0 Å². The van der Waals surface area contributed by atoms with Gasteiger partial charge in [0.15, 0.2) is 22.9 Å². The molecule has 1 saturated heterocycles. The van der Waals surface area contributed by atoms with Gasteiger partial charge < -0.3 is 9.32 Å². The van der Waals surface area contributed by atoms with Gasteiger partial charge in [0, 0.05) is 45.5 Å². The summed E-state index contributed by atoms with van der Waals surface area (Å²) in [7, 11) is 0. The van der Waals surface area contributed by atoms with E-state index in [9.17, 15) is 9.18 Å². The lowest BCUT2D eigenvalue weighted by Crippen LogP contribution is -2.47. The highest BCUT2D eigenvalue weighted by atomic mass is 32.1. The molecule has 0 amide bonds. The molecule has 12 heteroatoms. The Morgan fingerprint density at radius 1 is 1.12 bits per heavy atom. The molecule has 0 aliphatic carbocycles. The Morgan fingerprint density at radius 2 is 2.00 bits per heavy atom. The molecule has 0 N–H and O–H groups in total. The van der Waals surface area contributed by atoms with Gasteiger partial charge in [0.25, 0.3) is 0 Å². The number of aromatic nitrogens is 6. The van der Waals surface area contributed by atoms with Crippen LogP contribution in [0.4, 0.5) is 10.1 Å². The number of thiazole rings is 1. The first kappa shape index (κ1) is 20.0. The zero-order valence-corrected chi connectivity index (χ0v) is 18.3. The normalized spacial score (nSPS) is 15.1. The Labute approximate surface area is 190 Å². The van der Waals surface area contributed by atoms with Crippen molar-refractivity contribution in [2.45, 2.75) is 6.54 Å². The van der Waals surface area contributed by atoms with Gasteiger partial charge in [-0.05, 0) is 18.2 Å². The first-order valence-corrected chi connectivity index (χ1v) is 11.3. The molecule has 168 valence electrons. The third-order valence-electron chi connectivity index (χ3n) is 5.84. The molecule has 0 unspecified atom stereocenters. The number of pyridine rings is 1. The van der Waals surface area contributed by atoms with Gasteiger partial charge in [0.05, 0.1) is 18.1 Å². The minimum Gasteiger partial charge on any atom is -0.461 e. The maximum absolute atomic E-state index is 14.0. The molecule has 1 aliphatic heterocycles. The molecule has 0 saturated carbocycles. The molecule has 6 heterocycles. The average molecular weight is 467 g/mol. The topological polar surface area (TPSA) is 97.6 Å². The summed E-state index contributed by atoms with van der Waals surface area (Å²) in [6.07, 6.45) is 5.99. The predicted molar refractivity (Wildman–Crippen MR) is 121 cm³/mol. The number of anilines is 1. The molecule has 5 aromatic heterocycles. The van der Waals surface area contributed by atoms with Crippen LogP contribution in [-0.2, 0) is 6.54 Å². The molecule has 6 rings (SSSR count). The van der Waals surface area contributed by atoms with Crippen LogP contribution in [0.25, 0.3) is 27.6 Å². The van der Waals surface area contributed by atoms with E-state index in [1.165, 1.54) is 6.20 Å². The zero-order chi connectivity index (χ0) is 22.4. The van der Waals surface area contributed by atoms with Gasteiger partial charge in [-0.15, -0.1) is 5.10 Å². The van der Waals surface area contributed by atoms with E-state index < -0.39 is 0 Å². The van der Waals surface area contributed by atoms with Gasteiger partial charge in [-0.25, -0.2) is 18.9 Å². The molecule has 0 aromatic carbocycles. The van der Waals surface area contributed by atoms with E-state index in [1.54, 1.807) is 46.1 Å². The summed E-state index contributed by atoms with van der Waals surface area (Å²) in [4.78, 5) is 29.8. The number of hydrogen-bond acceptors (Lipinski definition) is 9. The van der Waals surface area contributed by atoms with Crippen molar-refractivity contribution >= 4 is 33.0 Å². The van der Waals surface area contributed by atoms with Crippen molar-refractivity contribution in [3.05, 3.63) is 58.7 Å². The zero-order valence-electron chi connectivity index (χ0n) is 17.5. The van der Waals surface area contributed by atoms with E-state index >= 15 is 0 Å². The third kappa shape index (κ3) is 3.56. The van der Waals surface area contributed by atoms with Crippen molar-refractivity contribution in [3.8, 4) is 11.6 Å². The van der Waals surface area contributed by atoms with Crippen LogP contribution in [0.2, 0.25) is 0 Å². The summed E-state index contributed by atoms with van der Waals surface area (Å²) in [6, 6.07) is 5.27. The summed E-state index contributed by atoms with van der Waals surface area (Å²) < 4.78 is 23.4. The van der Waals surface area contributed by atoms with Gasteiger partial charge >= 0.3 is 4.87 Å². The van der Waals surface area contributed by atoms with Crippen LogP contribution < -0.4 is 9.77 Å². The summed E-state index contributed by atoms with van der Waals surface area (Å²) in [6.45, 7) is 4.23.